The molecule has 2 aromatic rings. The summed E-state index contributed by atoms with van der Waals surface area (Å²) in [4.78, 5) is 0. The van der Waals surface area contributed by atoms with Crippen LogP contribution in [0, 0.1) is 17.4 Å². The van der Waals surface area contributed by atoms with Crippen LogP contribution in [0.4, 0.5) is 5.69 Å². The summed E-state index contributed by atoms with van der Waals surface area (Å²) < 4.78 is 0. The lowest BCUT2D eigenvalue weighted by Crippen LogP contribution is -1.98. The SMILES string of the molecule is N#Cc1[c]ccc(NCc2ccccc2)c1. The Morgan fingerprint density at radius 3 is 2.75 bits per heavy atom. The van der Waals surface area contributed by atoms with Gasteiger partial charge in [-0.05, 0) is 17.7 Å². The summed E-state index contributed by atoms with van der Waals surface area (Å²) in [5.74, 6) is 0. The number of hydrogen-bond donors (Lipinski definition) is 1. The van der Waals surface area contributed by atoms with Gasteiger partial charge in [0.25, 0.3) is 0 Å². The molecule has 0 aliphatic heterocycles. The Labute approximate surface area is 95.2 Å². The molecule has 2 aromatic carbocycles. The molecule has 0 amide bonds. The van der Waals surface area contributed by atoms with Crippen LogP contribution in [0.1, 0.15) is 11.1 Å². The first-order valence-electron chi connectivity index (χ1n) is 5.08. The highest BCUT2D eigenvalue weighted by atomic mass is 14.9. The lowest BCUT2D eigenvalue weighted by Gasteiger charge is -2.06. The highest BCUT2D eigenvalue weighted by Crippen LogP contribution is 2.10. The Bertz CT molecular complexity index is 498. The first kappa shape index (κ1) is 10.3. The summed E-state index contributed by atoms with van der Waals surface area (Å²) in [5, 5.41) is 12.0. The normalized spacial score (nSPS) is 9.44. The second-order valence-electron chi connectivity index (χ2n) is 3.44. The van der Waals surface area contributed by atoms with Gasteiger partial charge in [-0.3, -0.25) is 0 Å². The lowest BCUT2D eigenvalue weighted by atomic mass is 10.2. The van der Waals surface area contributed by atoms with Gasteiger partial charge >= 0.3 is 0 Å². The van der Waals surface area contributed by atoms with Crippen molar-refractivity contribution in [3.05, 3.63) is 65.7 Å². The van der Waals surface area contributed by atoms with E-state index in [1.807, 2.05) is 24.3 Å². The van der Waals surface area contributed by atoms with Crippen LogP contribution in [0.15, 0.2) is 48.5 Å². The molecule has 0 aliphatic carbocycles. The van der Waals surface area contributed by atoms with Crippen LogP contribution in [0.3, 0.4) is 0 Å². The third-order valence-electron chi connectivity index (χ3n) is 2.26. The minimum Gasteiger partial charge on any atom is -0.381 e. The third-order valence-corrected chi connectivity index (χ3v) is 2.26. The van der Waals surface area contributed by atoms with E-state index in [2.05, 4.69) is 29.6 Å². The molecule has 2 heteroatoms. The largest absolute Gasteiger partial charge is 0.381 e. The molecule has 16 heavy (non-hydrogen) atoms. The Kier molecular flexibility index (Phi) is 3.20. The van der Waals surface area contributed by atoms with Gasteiger partial charge in [0.05, 0.1) is 11.6 Å². The summed E-state index contributed by atoms with van der Waals surface area (Å²) in [6, 6.07) is 20.5. The van der Waals surface area contributed by atoms with E-state index in [1.165, 1.54) is 5.56 Å². The first-order chi connectivity index (χ1) is 7.88. The van der Waals surface area contributed by atoms with Crippen molar-refractivity contribution in [2.45, 2.75) is 6.54 Å². The maximum atomic E-state index is 8.74. The molecule has 0 saturated heterocycles. The van der Waals surface area contributed by atoms with E-state index in [9.17, 15) is 0 Å². The van der Waals surface area contributed by atoms with Crippen molar-refractivity contribution < 1.29 is 0 Å². The Hall–Kier alpha value is -2.27. The molecule has 0 bridgehead atoms. The molecule has 2 rings (SSSR count). The van der Waals surface area contributed by atoms with Gasteiger partial charge in [-0.25, -0.2) is 0 Å². The Morgan fingerprint density at radius 2 is 2.00 bits per heavy atom. The highest BCUT2D eigenvalue weighted by molar-refractivity contribution is 5.48. The van der Waals surface area contributed by atoms with Gasteiger partial charge in [-0.1, -0.05) is 36.4 Å². The number of nitriles is 1. The molecule has 0 aromatic heterocycles. The van der Waals surface area contributed by atoms with E-state index in [0.29, 0.717) is 5.56 Å². The highest BCUT2D eigenvalue weighted by Gasteiger charge is 1.95. The predicted octanol–water partition coefficient (Wildman–Crippen LogP) is 2.97. The molecule has 77 valence electrons. The smallest absolute Gasteiger partial charge is 0.0998 e. The Balaban J connectivity index is 2.03. The van der Waals surface area contributed by atoms with Crippen molar-refractivity contribution in [2.75, 3.05) is 5.32 Å². The maximum absolute atomic E-state index is 8.74. The maximum Gasteiger partial charge on any atom is 0.0998 e. The molecule has 1 N–H and O–H groups in total. The summed E-state index contributed by atoms with van der Waals surface area (Å²) in [6.07, 6.45) is 0. The first-order valence-corrected chi connectivity index (χ1v) is 5.08. The number of nitrogens with one attached hydrogen (secondary N) is 1. The minimum atomic E-state index is 0.554. The molecule has 0 spiro atoms. The van der Waals surface area contributed by atoms with Crippen LogP contribution in [-0.4, -0.2) is 0 Å². The van der Waals surface area contributed by atoms with E-state index < -0.39 is 0 Å². The van der Waals surface area contributed by atoms with E-state index in [4.69, 9.17) is 5.26 Å². The molecular weight excluding hydrogens is 196 g/mol. The van der Waals surface area contributed by atoms with Crippen LogP contribution in [0.5, 0.6) is 0 Å². The number of rotatable bonds is 3. The van der Waals surface area contributed by atoms with Gasteiger partial charge in [0.15, 0.2) is 0 Å². The van der Waals surface area contributed by atoms with E-state index in [1.54, 1.807) is 12.1 Å². The number of anilines is 1. The summed E-state index contributed by atoms with van der Waals surface area (Å²) in [5.41, 5.74) is 2.71. The molecular formula is C14H11N2. The summed E-state index contributed by atoms with van der Waals surface area (Å²) >= 11 is 0. The zero-order valence-electron chi connectivity index (χ0n) is 8.77. The van der Waals surface area contributed by atoms with E-state index in [-0.39, 0.29) is 0 Å². The Morgan fingerprint density at radius 1 is 1.19 bits per heavy atom. The number of benzene rings is 2. The molecule has 2 nitrogen and oxygen atoms in total. The molecule has 0 atom stereocenters. The average molecular weight is 207 g/mol. The van der Waals surface area contributed by atoms with Crippen LogP contribution < -0.4 is 5.32 Å². The fourth-order valence-corrected chi connectivity index (χ4v) is 1.44. The quantitative estimate of drug-likeness (QED) is 0.839. The topological polar surface area (TPSA) is 35.8 Å². The predicted molar refractivity (Wildman–Crippen MR) is 63.8 cm³/mol. The molecule has 0 fully saturated rings. The minimum absolute atomic E-state index is 0.554. The van der Waals surface area contributed by atoms with Crippen LogP contribution in [0.25, 0.3) is 0 Å². The fraction of sp³-hybridized carbons (Fsp3) is 0.0714. The molecule has 1 radical (unpaired) electrons. The van der Waals surface area contributed by atoms with Gasteiger partial charge in [0, 0.05) is 18.3 Å². The lowest BCUT2D eigenvalue weighted by molar-refractivity contribution is 1.15. The van der Waals surface area contributed by atoms with Crippen molar-refractivity contribution in [3.63, 3.8) is 0 Å². The zero-order chi connectivity index (χ0) is 11.2. The summed E-state index contributed by atoms with van der Waals surface area (Å²) in [6.45, 7) is 0.760. The van der Waals surface area contributed by atoms with Crippen LogP contribution in [-0.2, 0) is 6.54 Å². The van der Waals surface area contributed by atoms with Gasteiger partial charge in [-0.15, -0.1) is 0 Å². The van der Waals surface area contributed by atoms with Crippen molar-refractivity contribution in [1.29, 1.82) is 5.26 Å². The van der Waals surface area contributed by atoms with Crippen LogP contribution in [0.2, 0.25) is 0 Å². The van der Waals surface area contributed by atoms with Gasteiger partial charge in [0.1, 0.15) is 0 Å². The molecule has 0 heterocycles. The monoisotopic (exact) mass is 207 g/mol. The molecule has 0 unspecified atom stereocenters. The van der Waals surface area contributed by atoms with Crippen molar-refractivity contribution in [1.82, 2.24) is 0 Å². The van der Waals surface area contributed by atoms with Crippen molar-refractivity contribution in [2.24, 2.45) is 0 Å². The zero-order valence-corrected chi connectivity index (χ0v) is 8.77. The number of hydrogen-bond acceptors (Lipinski definition) is 2. The van der Waals surface area contributed by atoms with Gasteiger partial charge in [0.2, 0.25) is 0 Å². The molecule has 0 saturated carbocycles. The van der Waals surface area contributed by atoms with Crippen molar-refractivity contribution in [3.8, 4) is 6.07 Å². The van der Waals surface area contributed by atoms with E-state index >= 15 is 0 Å². The average Bonchev–Trinajstić information content (AvgIpc) is 2.38. The van der Waals surface area contributed by atoms with Gasteiger partial charge < -0.3 is 5.32 Å². The second kappa shape index (κ2) is 4.99. The standard InChI is InChI=1S/C14H11N2/c15-10-13-7-4-8-14(9-13)16-11-12-5-2-1-3-6-12/h1-6,8-9,16H,11H2. The van der Waals surface area contributed by atoms with Crippen LogP contribution >= 0.6 is 0 Å². The number of nitrogens with zero attached hydrogens (tertiary/aromatic N) is 1. The summed E-state index contributed by atoms with van der Waals surface area (Å²) in [7, 11) is 0. The van der Waals surface area contributed by atoms with Gasteiger partial charge in [-0.2, -0.15) is 5.26 Å². The third kappa shape index (κ3) is 2.61. The second-order valence-corrected chi connectivity index (χ2v) is 3.44. The van der Waals surface area contributed by atoms with Crippen molar-refractivity contribution >= 4 is 5.69 Å². The van der Waals surface area contributed by atoms with E-state index in [0.717, 1.165) is 12.2 Å². The molecule has 0 aliphatic rings. The fourth-order valence-electron chi connectivity index (χ4n) is 1.44.